The van der Waals surface area contributed by atoms with E-state index < -0.39 is 28.5 Å². The lowest BCUT2D eigenvalue weighted by Gasteiger charge is -2.34. The summed E-state index contributed by atoms with van der Waals surface area (Å²) in [7, 11) is -3.82. The number of halogens is 1. The van der Waals surface area contributed by atoms with Crippen LogP contribution in [0.3, 0.4) is 0 Å². The highest BCUT2D eigenvalue weighted by Crippen LogP contribution is 2.25. The van der Waals surface area contributed by atoms with E-state index in [1.165, 1.54) is 4.90 Å². The number of para-hydroxylation sites is 1. The lowest BCUT2D eigenvalue weighted by Crippen LogP contribution is -2.53. The normalized spacial score (nSPS) is 12.0. The van der Waals surface area contributed by atoms with Gasteiger partial charge in [0.2, 0.25) is 21.8 Å². The number of aryl methyl sites for hydroxylation is 1. The number of benzene rings is 3. The monoisotopic (exact) mass is 569 g/mol. The molecule has 3 aromatic rings. The van der Waals surface area contributed by atoms with Crippen molar-refractivity contribution in [3.8, 4) is 0 Å². The topological polar surface area (TPSA) is 86.8 Å². The summed E-state index contributed by atoms with van der Waals surface area (Å²) in [5.74, 6) is -0.806. The largest absolute Gasteiger partial charge is 0.354 e. The zero-order chi connectivity index (χ0) is 28.4. The third-order valence-electron chi connectivity index (χ3n) is 6.44. The van der Waals surface area contributed by atoms with E-state index in [0.717, 1.165) is 28.1 Å². The number of carbonyl (C=O) groups excluding carboxylic acids is 2. The molecule has 0 aliphatic heterocycles. The second kappa shape index (κ2) is 14.1. The predicted octanol–water partition coefficient (Wildman–Crippen LogP) is 4.83. The first-order valence-electron chi connectivity index (χ1n) is 13.1. The first kappa shape index (κ1) is 30.2. The van der Waals surface area contributed by atoms with Gasteiger partial charge in [-0.2, -0.15) is 0 Å². The van der Waals surface area contributed by atoms with Crippen molar-refractivity contribution in [3.63, 3.8) is 0 Å². The van der Waals surface area contributed by atoms with Gasteiger partial charge in [-0.25, -0.2) is 8.42 Å². The molecule has 2 amide bonds. The first-order valence-corrected chi connectivity index (χ1v) is 15.3. The van der Waals surface area contributed by atoms with Crippen molar-refractivity contribution in [1.29, 1.82) is 0 Å². The van der Waals surface area contributed by atoms with Crippen molar-refractivity contribution in [2.45, 2.75) is 45.7 Å². The van der Waals surface area contributed by atoms with Crippen LogP contribution in [-0.4, -0.2) is 50.5 Å². The minimum atomic E-state index is -3.82. The molecule has 0 saturated heterocycles. The maximum Gasteiger partial charge on any atom is 0.244 e. The number of anilines is 1. The summed E-state index contributed by atoms with van der Waals surface area (Å²) in [5, 5.41) is 3.38. The van der Waals surface area contributed by atoms with Crippen molar-refractivity contribution >= 4 is 39.1 Å². The zero-order valence-electron chi connectivity index (χ0n) is 22.6. The predicted molar refractivity (Wildman–Crippen MR) is 157 cm³/mol. The molecule has 0 spiro atoms. The van der Waals surface area contributed by atoms with Crippen molar-refractivity contribution in [3.05, 3.63) is 101 Å². The van der Waals surface area contributed by atoms with Crippen molar-refractivity contribution in [1.82, 2.24) is 10.2 Å². The van der Waals surface area contributed by atoms with E-state index in [9.17, 15) is 18.0 Å². The van der Waals surface area contributed by atoms with Crippen LogP contribution in [0.1, 0.15) is 37.0 Å². The highest BCUT2D eigenvalue weighted by molar-refractivity contribution is 7.92. The summed E-state index contributed by atoms with van der Waals surface area (Å²) in [5.41, 5.74) is 2.79. The fraction of sp³-hybridized carbons (Fsp3) is 0.333. The Morgan fingerprint density at radius 3 is 2.13 bits per heavy atom. The first-order chi connectivity index (χ1) is 18.7. The minimum Gasteiger partial charge on any atom is -0.354 e. The molecule has 0 heterocycles. The molecule has 3 aromatic carbocycles. The summed E-state index contributed by atoms with van der Waals surface area (Å²) >= 11 is 6.47. The summed E-state index contributed by atoms with van der Waals surface area (Å²) in [4.78, 5) is 29.1. The Morgan fingerprint density at radius 1 is 0.897 bits per heavy atom. The van der Waals surface area contributed by atoms with Crippen LogP contribution in [0.15, 0.2) is 78.9 Å². The van der Waals surface area contributed by atoms with Gasteiger partial charge in [0.25, 0.3) is 0 Å². The van der Waals surface area contributed by atoms with Gasteiger partial charge in [0.05, 0.1) is 11.9 Å². The molecule has 7 nitrogen and oxygen atoms in total. The van der Waals surface area contributed by atoms with Crippen LogP contribution in [0, 0.1) is 0 Å². The number of amides is 2. The quantitative estimate of drug-likeness (QED) is 0.319. The number of nitrogens with one attached hydrogen (secondary N) is 1. The van der Waals surface area contributed by atoms with E-state index in [1.54, 1.807) is 30.3 Å². The van der Waals surface area contributed by atoms with Gasteiger partial charge in [-0.3, -0.25) is 13.9 Å². The average molecular weight is 570 g/mol. The van der Waals surface area contributed by atoms with Gasteiger partial charge < -0.3 is 10.2 Å². The number of rotatable bonds is 13. The second-order valence-corrected chi connectivity index (χ2v) is 11.7. The second-order valence-electron chi connectivity index (χ2n) is 9.36. The molecule has 208 valence electrons. The molecule has 9 heteroatoms. The molecule has 0 aliphatic rings. The van der Waals surface area contributed by atoms with E-state index in [2.05, 4.69) is 5.32 Å². The molecule has 0 aliphatic carbocycles. The van der Waals surface area contributed by atoms with E-state index in [0.29, 0.717) is 29.2 Å². The summed E-state index contributed by atoms with van der Waals surface area (Å²) in [6, 6.07) is 22.8. The zero-order valence-corrected chi connectivity index (χ0v) is 24.2. The van der Waals surface area contributed by atoms with Crippen molar-refractivity contribution in [2.24, 2.45) is 0 Å². The third-order valence-corrected chi connectivity index (χ3v) is 7.93. The average Bonchev–Trinajstić information content (AvgIpc) is 2.93. The summed E-state index contributed by atoms with van der Waals surface area (Å²) in [6.45, 7) is 3.93. The van der Waals surface area contributed by atoms with Gasteiger partial charge in [0.1, 0.15) is 12.6 Å². The molecule has 0 bridgehead atoms. The molecule has 0 aromatic heterocycles. The van der Waals surface area contributed by atoms with Crippen LogP contribution in [0.25, 0.3) is 0 Å². The van der Waals surface area contributed by atoms with Crippen LogP contribution >= 0.6 is 11.6 Å². The fourth-order valence-electron chi connectivity index (χ4n) is 4.38. The third kappa shape index (κ3) is 8.31. The van der Waals surface area contributed by atoms with Crippen LogP contribution < -0.4 is 9.62 Å². The van der Waals surface area contributed by atoms with Gasteiger partial charge in [0, 0.05) is 24.5 Å². The number of hydrogen-bond acceptors (Lipinski definition) is 4. The van der Waals surface area contributed by atoms with E-state index >= 15 is 0 Å². The van der Waals surface area contributed by atoms with Crippen molar-refractivity contribution < 1.29 is 18.0 Å². The Labute approximate surface area is 236 Å². The number of nitrogens with zero attached hydrogens (tertiary/aromatic N) is 2. The number of hydrogen-bond donors (Lipinski definition) is 1. The molecule has 0 fully saturated rings. The fourth-order valence-corrected chi connectivity index (χ4v) is 5.45. The van der Waals surface area contributed by atoms with Gasteiger partial charge in [0.15, 0.2) is 0 Å². The maximum absolute atomic E-state index is 14.1. The molecule has 0 radical (unpaired) electrons. The van der Waals surface area contributed by atoms with E-state index in [1.807, 2.05) is 62.4 Å². The van der Waals surface area contributed by atoms with Crippen LogP contribution in [0.2, 0.25) is 5.02 Å². The van der Waals surface area contributed by atoms with Gasteiger partial charge in [-0.15, -0.1) is 0 Å². The molecule has 0 unspecified atom stereocenters. The van der Waals surface area contributed by atoms with Crippen LogP contribution in [0.4, 0.5) is 5.69 Å². The number of sulfonamides is 1. The van der Waals surface area contributed by atoms with E-state index in [-0.39, 0.29) is 18.9 Å². The highest BCUT2D eigenvalue weighted by Gasteiger charge is 2.33. The van der Waals surface area contributed by atoms with Crippen LogP contribution in [-0.2, 0) is 39.0 Å². The smallest absolute Gasteiger partial charge is 0.244 e. The number of carbonyl (C=O) groups is 2. The molecule has 1 atom stereocenters. The van der Waals surface area contributed by atoms with Gasteiger partial charge in [-0.1, -0.05) is 92.2 Å². The SMILES string of the molecule is CCCNC(=O)[C@@H](Cc1ccccc1)N(Cc1ccccc1Cl)C(=O)CN(c1ccccc1CC)S(C)(=O)=O. The molecule has 1 N–H and O–H groups in total. The Balaban J connectivity index is 2.07. The Kier molecular flexibility index (Phi) is 10.9. The van der Waals surface area contributed by atoms with Crippen molar-refractivity contribution in [2.75, 3.05) is 23.7 Å². The lowest BCUT2D eigenvalue weighted by molar-refractivity contribution is -0.140. The Morgan fingerprint density at radius 2 is 1.51 bits per heavy atom. The maximum atomic E-state index is 14.1. The minimum absolute atomic E-state index is 0.0442. The Bertz CT molecular complexity index is 1370. The summed E-state index contributed by atoms with van der Waals surface area (Å²) < 4.78 is 27.0. The van der Waals surface area contributed by atoms with Gasteiger partial charge in [-0.05, 0) is 41.7 Å². The molecule has 3 rings (SSSR count). The molecular weight excluding hydrogens is 534 g/mol. The van der Waals surface area contributed by atoms with Crippen LogP contribution in [0.5, 0.6) is 0 Å². The summed E-state index contributed by atoms with van der Waals surface area (Å²) in [6.07, 6.45) is 2.67. The molecular formula is C30H36ClN3O4S. The Hall–Kier alpha value is -3.36. The van der Waals surface area contributed by atoms with E-state index in [4.69, 9.17) is 11.6 Å². The standard InChI is InChI=1S/C30H36ClN3O4S/c1-4-19-32-30(36)28(20-23-13-7-6-8-14-23)33(21-25-16-9-11-17-26(25)31)29(35)22-34(39(3,37)38)27-18-12-10-15-24(27)5-2/h6-18,28H,4-5,19-22H2,1-3H3,(H,32,36)/t28-/m1/s1. The molecule has 39 heavy (non-hydrogen) atoms. The molecule has 0 saturated carbocycles. The lowest BCUT2D eigenvalue weighted by atomic mass is 10.0. The highest BCUT2D eigenvalue weighted by atomic mass is 35.5. The van der Waals surface area contributed by atoms with Gasteiger partial charge >= 0.3 is 0 Å².